The summed E-state index contributed by atoms with van der Waals surface area (Å²) < 4.78 is 12.3. The summed E-state index contributed by atoms with van der Waals surface area (Å²) in [5.74, 6) is -0.658. The Balaban J connectivity index is 2.38. The van der Waals surface area contributed by atoms with E-state index in [-0.39, 0.29) is 12.7 Å². The summed E-state index contributed by atoms with van der Waals surface area (Å²) in [7, 11) is 0. The van der Waals surface area contributed by atoms with E-state index >= 15 is 0 Å². The summed E-state index contributed by atoms with van der Waals surface area (Å²) in [6, 6.07) is 0. The molecule has 0 aromatic carbocycles. The maximum Gasteiger partial charge on any atom is 0.165 e. The lowest BCUT2D eigenvalue weighted by Crippen LogP contribution is -2.43. The molecule has 0 saturated carbocycles. The zero-order valence-electron chi connectivity index (χ0n) is 8.16. The molecule has 1 fully saturated rings. The number of allylic oxidation sites excluding steroid dienone is 2. The molecule has 0 unspecified atom stereocenters. The van der Waals surface area contributed by atoms with E-state index in [0.717, 1.165) is 4.48 Å². The Morgan fingerprint density at radius 3 is 2.86 bits per heavy atom. The van der Waals surface area contributed by atoms with Crippen molar-refractivity contribution < 1.29 is 14.6 Å². The molecule has 14 heavy (non-hydrogen) atoms. The average Bonchev–Trinajstić information content (AvgIpc) is 2.38. The molecule has 78 valence electrons. The molecule has 1 aliphatic heterocycles. The lowest BCUT2D eigenvalue weighted by molar-refractivity contribution is -0.159. The van der Waals surface area contributed by atoms with Gasteiger partial charge in [-0.05, 0) is 26.0 Å². The maximum absolute atomic E-state index is 9.40. The molecule has 4 heteroatoms. The molecule has 1 aliphatic carbocycles. The summed E-state index contributed by atoms with van der Waals surface area (Å²) in [5.41, 5.74) is -0.725. The first-order valence-electron chi connectivity index (χ1n) is 4.53. The molecular weight excluding hydrogens is 248 g/mol. The number of rotatable bonds is 1. The molecule has 0 bridgehead atoms. The van der Waals surface area contributed by atoms with Crippen molar-refractivity contribution in [2.24, 2.45) is 0 Å². The van der Waals surface area contributed by atoms with Crippen LogP contribution in [0.1, 0.15) is 13.8 Å². The van der Waals surface area contributed by atoms with E-state index in [4.69, 9.17) is 9.47 Å². The first-order valence-corrected chi connectivity index (χ1v) is 5.32. The number of aliphatic hydroxyl groups excluding tert-OH is 1. The van der Waals surface area contributed by atoms with Crippen LogP contribution in [0.2, 0.25) is 0 Å². The Morgan fingerprint density at radius 1 is 1.57 bits per heavy atom. The molecule has 2 atom stereocenters. The Labute approximate surface area is 91.5 Å². The zero-order chi connectivity index (χ0) is 10.4. The summed E-state index contributed by atoms with van der Waals surface area (Å²) >= 11 is 3.42. The second-order valence-corrected chi connectivity index (χ2v) is 4.94. The van der Waals surface area contributed by atoms with Crippen LogP contribution < -0.4 is 0 Å². The monoisotopic (exact) mass is 260 g/mol. The third-order valence-electron chi connectivity index (χ3n) is 2.41. The minimum atomic E-state index is -0.725. The van der Waals surface area contributed by atoms with E-state index in [1.165, 1.54) is 0 Å². The molecular formula is C10H13BrO3. The second kappa shape index (κ2) is 3.17. The van der Waals surface area contributed by atoms with Crippen molar-refractivity contribution >= 4 is 15.9 Å². The van der Waals surface area contributed by atoms with Gasteiger partial charge in [0, 0.05) is 4.48 Å². The molecule has 1 heterocycles. The smallest absolute Gasteiger partial charge is 0.165 e. The van der Waals surface area contributed by atoms with Crippen LogP contribution in [0, 0.1) is 0 Å². The minimum Gasteiger partial charge on any atom is -0.393 e. The van der Waals surface area contributed by atoms with Crippen LogP contribution in [0.5, 0.6) is 0 Å². The molecule has 1 N–H and O–H groups in total. The van der Waals surface area contributed by atoms with Gasteiger partial charge in [0.15, 0.2) is 5.79 Å². The minimum absolute atomic E-state index is 0.0828. The molecule has 0 radical (unpaired) electrons. The highest BCUT2D eigenvalue weighted by molar-refractivity contribution is 9.11. The van der Waals surface area contributed by atoms with E-state index in [0.29, 0.717) is 0 Å². The second-order valence-electron chi connectivity index (χ2n) is 4.02. The Bertz CT molecular complexity index is 308. The highest BCUT2D eigenvalue weighted by Crippen LogP contribution is 2.43. The molecule has 0 aromatic heterocycles. The number of fused-ring (bicyclic) bond motifs is 1. The van der Waals surface area contributed by atoms with Crippen molar-refractivity contribution in [1.82, 2.24) is 0 Å². The van der Waals surface area contributed by atoms with Crippen molar-refractivity contribution in [3.8, 4) is 0 Å². The molecule has 3 nitrogen and oxygen atoms in total. The molecule has 2 aliphatic rings. The molecule has 0 amide bonds. The summed E-state index contributed by atoms with van der Waals surface area (Å²) in [6.45, 7) is 3.61. The highest BCUT2D eigenvalue weighted by Gasteiger charge is 2.53. The molecule has 2 rings (SSSR count). The van der Waals surface area contributed by atoms with E-state index in [9.17, 15) is 5.11 Å². The standard InChI is InChI=1S/C10H13BrO3/c1-9(2)13-8-7(11)4-3-5-10(8,6-12)14-9/h3-5,8,12H,6H2,1-2H3/t8-,10-/m1/s1. The predicted molar refractivity (Wildman–Crippen MR) is 56.0 cm³/mol. The fourth-order valence-corrected chi connectivity index (χ4v) is 2.52. The van der Waals surface area contributed by atoms with Gasteiger partial charge in [-0.15, -0.1) is 0 Å². The molecule has 1 saturated heterocycles. The summed E-state index contributed by atoms with van der Waals surface area (Å²) in [4.78, 5) is 0. The Kier molecular flexibility index (Phi) is 2.34. The van der Waals surface area contributed by atoms with Crippen LogP contribution in [0.15, 0.2) is 22.7 Å². The van der Waals surface area contributed by atoms with Gasteiger partial charge in [-0.3, -0.25) is 0 Å². The van der Waals surface area contributed by atoms with E-state index in [2.05, 4.69) is 15.9 Å². The summed E-state index contributed by atoms with van der Waals surface area (Å²) in [6.07, 6.45) is 5.37. The number of ether oxygens (including phenoxy) is 2. The summed E-state index contributed by atoms with van der Waals surface area (Å²) in [5, 5.41) is 9.40. The van der Waals surface area contributed by atoms with Gasteiger partial charge in [-0.1, -0.05) is 22.0 Å². The average molecular weight is 261 g/mol. The quantitative estimate of drug-likeness (QED) is 0.781. The van der Waals surface area contributed by atoms with Crippen molar-refractivity contribution in [1.29, 1.82) is 0 Å². The van der Waals surface area contributed by atoms with Gasteiger partial charge in [0.1, 0.15) is 11.7 Å². The normalized spacial score (nSPS) is 39.4. The van der Waals surface area contributed by atoms with Crippen LogP contribution in [0.4, 0.5) is 0 Å². The molecule has 0 aromatic rings. The number of aliphatic hydroxyl groups is 1. The van der Waals surface area contributed by atoms with Crippen LogP contribution in [-0.4, -0.2) is 29.2 Å². The van der Waals surface area contributed by atoms with Crippen molar-refractivity contribution in [3.63, 3.8) is 0 Å². The topological polar surface area (TPSA) is 38.7 Å². The van der Waals surface area contributed by atoms with E-state index < -0.39 is 11.4 Å². The van der Waals surface area contributed by atoms with Gasteiger partial charge in [-0.25, -0.2) is 0 Å². The van der Waals surface area contributed by atoms with Gasteiger partial charge in [-0.2, -0.15) is 0 Å². The van der Waals surface area contributed by atoms with E-state index in [1.54, 1.807) is 0 Å². The van der Waals surface area contributed by atoms with Crippen molar-refractivity contribution in [2.75, 3.05) is 6.61 Å². The van der Waals surface area contributed by atoms with Gasteiger partial charge in [0.2, 0.25) is 0 Å². The van der Waals surface area contributed by atoms with Crippen LogP contribution in [-0.2, 0) is 9.47 Å². The predicted octanol–water partition coefficient (Wildman–Crippen LogP) is 1.72. The Hall–Kier alpha value is -0.160. The third kappa shape index (κ3) is 1.46. The van der Waals surface area contributed by atoms with Crippen molar-refractivity contribution in [2.45, 2.75) is 31.3 Å². The largest absolute Gasteiger partial charge is 0.393 e. The first-order chi connectivity index (χ1) is 6.49. The zero-order valence-corrected chi connectivity index (χ0v) is 9.74. The third-order valence-corrected chi connectivity index (χ3v) is 3.09. The first kappa shape index (κ1) is 10.4. The number of hydrogen-bond acceptors (Lipinski definition) is 3. The van der Waals surface area contributed by atoms with Gasteiger partial charge in [0.25, 0.3) is 0 Å². The highest BCUT2D eigenvalue weighted by atomic mass is 79.9. The van der Waals surface area contributed by atoms with Crippen molar-refractivity contribution in [3.05, 3.63) is 22.7 Å². The maximum atomic E-state index is 9.40. The fraction of sp³-hybridized carbons (Fsp3) is 0.600. The lowest BCUT2D eigenvalue weighted by atomic mass is 9.93. The SMILES string of the molecule is CC1(C)O[C@@H]2C(Br)=CC=C[C@]2(CO)O1. The van der Waals surface area contributed by atoms with Crippen LogP contribution in [0.25, 0.3) is 0 Å². The number of halogens is 1. The Morgan fingerprint density at radius 2 is 2.29 bits per heavy atom. The lowest BCUT2D eigenvalue weighted by Gasteiger charge is -2.29. The van der Waals surface area contributed by atoms with Crippen LogP contribution in [0.3, 0.4) is 0 Å². The van der Waals surface area contributed by atoms with Gasteiger partial charge >= 0.3 is 0 Å². The van der Waals surface area contributed by atoms with Crippen LogP contribution >= 0.6 is 15.9 Å². The van der Waals surface area contributed by atoms with Gasteiger partial charge in [0.05, 0.1) is 6.61 Å². The fourth-order valence-electron chi connectivity index (χ4n) is 1.89. The number of hydrogen-bond donors (Lipinski definition) is 1. The van der Waals surface area contributed by atoms with E-state index in [1.807, 2.05) is 32.1 Å². The van der Waals surface area contributed by atoms with Gasteiger partial charge < -0.3 is 14.6 Å². The molecule has 0 spiro atoms.